The van der Waals surface area contributed by atoms with Crippen LogP contribution < -0.4 is 4.90 Å². The van der Waals surface area contributed by atoms with Crippen LogP contribution in [0.1, 0.15) is 19.3 Å². The Morgan fingerprint density at radius 1 is 1.26 bits per heavy atom. The molecule has 3 heterocycles. The number of pyridine rings is 1. The van der Waals surface area contributed by atoms with Crippen molar-refractivity contribution in [3.05, 3.63) is 24.1 Å². The second kappa shape index (κ2) is 5.13. The Labute approximate surface area is 110 Å². The number of halogens is 1. The van der Waals surface area contributed by atoms with E-state index in [0.717, 1.165) is 32.4 Å². The summed E-state index contributed by atoms with van der Waals surface area (Å²) in [5.41, 5.74) is 0.661. The highest BCUT2D eigenvalue weighted by molar-refractivity contribution is 5.46. The lowest BCUT2D eigenvalue weighted by molar-refractivity contribution is 0.240. The Morgan fingerprint density at radius 2 is 2.05 bits per heavy atom. The molecule has 102 valence electrons. The summed E-state index contributed by atoms with van der Waals surface area (Å²) < 4.78 is 15.0. The van der Waals surface area contributed by atoms with Gasteiger partial charge in [0.25, 0.3) is 0 Å². The number of anilines is 1. The van der Waals surface area contributed by atoms with Gasteiger partial charge in [0.1, 0.15) is 5.82 Å². The minimum Gasteiger partial charge on any atom is -0.396 e. The van der Waals surface area contributed by atoms with Gasteiger partial charge in [-0.15, -0.1) is 10.2 Å². The molecular formula is C13H17FN4O. The van der Waals surface area contributed by atoms with E-state index in [1.165, 1.54) is 12.3 Å². The van der Waals surface area contributed by atoms with Gasteiger partial charge in [0.2, 0.25) is 5.95 Å². The van der Waals surface area contributed by atoms with Crippen LogP contribution in [0.5, 0.6) is 0 Å². The van der Waals surface area contributed by atoms with E-state index in [-0.39, 0.29) is 12.4 Å². The summed E-state index contributed by atoms with van der Waals surface area (Å²) in [4.78, 5) is 2.13. The lowest BCUT2D eigenvalue weighted by atomic mass is 9.94. The fourth-order valence-corrected chi connectivity index (χ4v) is 2.67. The van der Waals surface area contributed by atoms with Crippen LogP contribution in [-0.2, 0) is 0 Å². The van der Waals surface area contributed by atoms with E-state index in [2.05, 4.69) is 15.1 Å². The number of aromatic nitrogens is 3. The van der Waals surface area contributed by atoms with Gasteiger partial charge in [0, 0.05) is 25.9 Å². The fraction of sp³-hybridized carbons (Fsp3) is 0.538. The highest BCUT2D eigenvalue weighted by Gasteiger charge is 2.22. The molecule has 1 N–H and O–H groups in total. The lowest BCUT2D eigenvalue weighted by Crippen LogP contribution is -2.35. The Hall–Kier alpha value is -1.69. The SMILES string of the molecule is OCCC1CCN(c2nnc3ccc(F)cn23)CC1. The smallest absolute Gasteiger partial charge is 0.231 e. The van der Waals surface area contributed by atoms with Crippen molar-refractivity contribution in [1.82, 2.24) is 14.6 Å². The average molecular weight is 264 g/mol. The third-order valence-electron chi connectivity index (χ3n) is 3.78. The van der Waals surface area contributed by atoms with Crippen LogP contribution in [0.25, 0.3) is 5.65 Å². The molecule has 5 nitrogen and oxygen atoms in total. The van der Waals surface area contributed by atoms with Crippen molar-refractivity contribution in [2.24, 2.45) is 5.92 Å². The Balaban J connectivity index is 1.80. The molecule has 0 radical (unpaired) electrons. The van der Waals surface area contributed by atoms with Gasteiger partial charge in [-0.05, 0) is 37.3 Å². The molecule has 6 heteroatoms. The third-order valence-corrected chi connectivity index (χ3v) is 3.78. The van der Waals surface area contributed by atoms with Gasteiger partial charge >= 0.3 is 0 Å². The first-order valence-corrected chi connectivity index (χ1v) is 6.64. The summed E-state index contributed by atoms with van der Waals surface area (Å²) >= 11 is 0. The van der Waals surface area contributed by atoms with Crippen LogP contribution in [0.15, 0.2) is 18.3 Å². The highest BCUT2D eigenvalue weighted by atomic mass is 19.1. The van der Waals surface area contributed by atoms with E-state index in [1.54, 1.807) is 10.5 Å². The predicted molar refractivity (Wildman–Crippen MR) is 69.6 cm³/mol. The molecule has 0 amide bonds. The number of hydrogen-bond acceptors (Lipinski definition) is 4. The van der Waals surface area contributed by atoms with Crippen LogP contribution >= 0.6 is 0 Å². The Bertz CT molecular complexity index is 563. The zero-order valence-electron chi connectivity index (χ0n) is 10.7. The maximum absolute atomic E-state index is 13.3. The average Bonchev–Trinajstić information content (AvgIpc) is 2.83. The van der Waals surface area contributed by atoms with Crippen molar-refractivity contribution in [2.45, 2.75) is 19.3 Å². The first kappa shape index (κ1) is 12.3. The fourth-order valence-electron chi connectivity index (χ4n) is 2.67. The van der Waals surface area contributed by atoms with Crippen LogP contribution in [0.2, 0.25) is 0 Å². The van der Waals surface area contributed by atoms with Crippen LogP contribution in [0, 0.1) is 11.7 Å². The first-order valence-electron chi connectivity index (χ1n) is 6.64. The van der Waals surface area contributed by atoms with Crippen molar-refractivity contribution >= 4 is 11.6 Å². The van der Waals surface area contributed by atoms with Gasteiger partial charge in [0.05, 0.1) is 0 Å². The number of hydrogen-bond donors (Lipinski definition) is 1. The van der Waals surface area contributed by atoms with Crippen molar-refractivity contribution < 1.29 is 9.50 Å². The van der Waals surface area contributed by atoms with E-state index in [9.17, 15) is 4.39 Å². The molecule has 1 saturated heterocycles. The van der Waals surface area contributed by atoms with Crippen molar-refractivity contribution in [1.29, 1.82) is 0 Å². The molecule has 0 bridgehead atoms. The van der Waals surface area contributed by atoms with Gasteiger partial charge in [-0.25, -0.2) is 4.39 Å². The predicted octanol–water partition coefficient (Wildman–Crippen LogP) is 1.47. The lowest BCUT2D eigenvalue weighted by Gasteiger charge is -2.31. The van der Waals surface area contributed by atoms with Gasteiger partial charge in [-0.1, -0.05) is 0 Å². The first-order chi connectivity index (χ1) is 9.28. The van der Waals surface area contributed by atoms with Gasteiger partial charge in [-0.2, -0.15) is 0 Å². The molecule has 0 unspecified atom stereocenters. The number of aliphatic hydroxyl groups excluding tert-OH is 1. The standard InChI is InChI=1S/C13H17FN4O/c14-11-1-2-12-15-16-13(18(12)9-11)17-6-3-10(4-7-17)5-8-19/h1-2,9-10,19H,3-8H2. The molecule has 0 aliphatic carbocycles. The number of fused-ring (bicyclic) bond motifs is 1. The number of aliphatic hydroxyl groups is 1. The van der Waals surface area contributed by atoms with E-state index >= 15 is 0 Å². The molecule has 1 aliphatic rings. The molecule has 2 aromatic rings. The molecule has 0 atom stereocenters. The van der Waals surface area contributed by atoms with E-state index in [4.69, 9.17) is 5.11 Å². The monoisotopic (exact) mass is 264 g/mol. The molecule has 0 aromatic carbocycles. The summed E-state index contributed by atoms with van der Waals surface area (Å²) in [7, 11) is 0. The zero-order valence-corrected chi connectivity index (χ0v) is 10.7. The van der Waals surface area contributed by atoms with Crippen LogP contribution in [-0.4, -0.2) is 39.4 Å². The second-order valence-corrected chi connectivity index (χ2v) is 5.02. The van der Waals surface area contributed by atoms with E-state index in [0.29, 0.717) is 17.5 Å². The molecule has 0 saturated carbocycles. The van der Waals surface area contributed by atoms with Crippen molar-refractivity contribution in [3.8, 4) is 0 Å². The Kier molecular flexibility index (Phi) is 3.33. The summed E-state index contributed by atoms with van der Waals surface area (Å²) in [6.07, 6.45) is 4.35. The van der Waals surface area contributed by atoms with Crippen LogP contribution in [0.4, 0.5) is 10.3 Å². The molecule has 1 fully saturated rings. The minimum absolute atomic E-state index is 0.254. The second-order valence-electron chi connectivity index (χ2n) is 5.02. The maximum Gasteiger partial charge on any atom is 0.231 e. The van der Waals surface area contributed by atoms with E-state index < -0.39 is 0 Å². The summed E-state index contributed by atoms with van der Waals surface area (Å²) in [6, 6.07) is 3.02. The van der Waals surface area contributed by atoms with Crippen molar-refractivity contribution in [2.75, 3.05) is 24.6 Å². The molecule has 19 heavy (non-hydrogen) atoms. The number of piperidine rings is 1. The molecular weight excluding hydrogens is 247 g/mol. The number of rotatable bonds is 3. The van der Waals surface area contributed by atoms with Gasteiger partial charge in [0.15, 0.2) is 5.65 Å². The normalized spacial score (nSPS) is 17.3. The van der Waals surface area contributed by atoms with Crippen molar-refractivity contribution in [3.63, 3.8) is 0 Å². The van der Waals surface area contributed by atoms with Crippen LogP contribution in [0.3, 0.4) is 0 Å². The quantitative estimate of drug-likeness (QED) is 0.912. The highest BCUT2D eigenvalue weighted by Crippen LogP contribution is 2.24. The summed E-state index contributed by atoms with van der Waals surface area (Å²) in [5.74, 6) is 0.998. The molecule has 1 aliphatic heterocycles. The van der Waals surface area contributed by atoms with Gasteiger partial charge < -0.3 is 10.0 Å². The summed E-state index contributed by atoms with van der Waals surface area (Å²) in [5, 5.41) is 17.2. The Morgan fingerprint density at radius 3 is 2.79 bits per heavy atom. The summed E-state index contributed by atoms with van der Waals surface area (Å²) in [6.45, 7) is 2.01. The minimum atomic E-state index is -0.288. The molecule has 0 spiro atoms. The third kappa shape index (κ3) is 2.40. The zero-order chi connectivity index (χ0) is 13.2. The van der Waals surface area contributed by atoms with Gasteiger partial charge in [-0.3, -0.25) is 4.40 Å². The maximum atomic E-state index is 13.3. The largest absolute Gasteiger partial charge is 0.396 e. The topological polar surface area (TPSA) is 53.7 Å². The molecule has 2 aromatic heterocycles. The van der Waals surface area contributed by atoms with E-state index in [1.807, 2.05) is 0 Å². The molecule has 3 rings (SSSR count). The number of nitrogens with zero attached hydrogens (tertiary/aromatic N) is 4.